The van der Waals surface area contributed by atoms with Crippen LogP contribution in [0.15, 0.2) is 12.3 Å². The average molecular weight is 264 g/mol. The van der Waals surface area contributed by atoms with E-state index in [9.17, 15) is 9.59 Å². The molecule has 2 amide bonds. The zero-order valence-electron chi connectivity index (χ0n) is 11.2. The molecule has 1 aliphatic heterocycles. The number of nitrogens with two attached hydrogens (primary N) is 1. The number of likely N-dealkylation sites (tertiary alicyclic amines) is 1. The molecule has 0 atom stereocenters. The summed E-state index contributed by atoms with van der Waals surface area (Å²) in [4.78, 5) is 25.6. The predicted octanol–water partition coefficient (Wildman–Crippen LogP) is 0.442. The Morgan fingerprint density at radius 1 is 1.37 bits per heavy atom. The summed E-state index contributed by atoms with van der Waals surface area (Å²) in [5.41, 5.74) is 6.72. The van der Waals surface area contributed by atoms with Crippen molar-refractivity contribution in [3.05, 3.63) is 18.0 Å². The lowest BCUT2D eigenvalue weighted by Crippen LogP contribution is -2.39. The predicted molar refractivity (Wildman–Crippen MR) is 72.7 cm³/mol. The van der Waals surface area contributed by atoms with Gasteiger partial charge in [-0.15, -0.1) is 0 Å². The van der Waals surface area contributed by atoms with Crippen molar-refractivity contribution in [3.8, 4) is 0 Å². The van der Waals surface area contributed by atoms with Crippen LogP contribution in [0.1, 0.15) is 30.3 Å². The molecule has 0 bridgehead atoms. The molecule has 1 fully saturated rings. The first-order valence-corrected chi connectivity index (χ1v) is 6.63. The second-order valence-corrected chi connectivity index (χ2v) is 4.72. The molecule has 0 spiro atoms. The minimum atomic E-state index is -0.258. The van der Waals surface area contributed by atoms with Crippen LogP contribution < -0.4 is 11.1 Å². The van der Waals surface area contributed by atoms with Gasteiger partial charge < -0.3 is 20.5 Å². The quantitative estimate of drug-likeness (QED) is 0.828. The third-order valence-electron chi connectivity index (χ3n) is 3.35. The number of carbonyl (C=O) groups is 2. The van der Waals surface area contributed by atoms with Gasteiger partial charge in [0.15, 0.2) is 0 Å². The first-order chi connectivity index (χ1) is 9.11. The highest BCUT2D eigenvalue weighted by Gasteiger charge is 2.19. The van der Waals surface area contributed by atoms with Crippen molar-refractivity contribution in [3.63, 3.8) is 0 Å². The van der Waals surface area contributed by atoms with Gasteiger partial charge in [0, 0.05) is 25.8 Å². The smallest absolute Gasteiger partial charge is 0.268 e. The minimum absolute atomic E-state index is 0.0200. The topological polar surface area (TPSA) is 80.4 Å². The van der Waals surface area contributed by atoms with Crippen molar-refractivity contribution in [2.75, 3.05) is 25.4 Å². The lowest BCUT2D eigenvalue weighted by atomic mass is 10.3. The van der Waals surface area contributed by atoms with Crippen LogP contribution in [-0.2, 0) is 11.3 Å². The molecular weight excluding hydrogens is 244 g/mol. The number of aryl methyl sites for hydroxylation is 1. The van der Waals surface area contributed by atoms with Crippen molar-refractivity contribution < 1.29 is 9.59 Å². The molecule has 0 unspecified atom stereocenters. The summed E-state index contributed by atoms with van der Waals surface area (Å²) >= 11 is 0. The number of aromatic nitrogens is 1. The van der Waals surface area contributed by atoms with Crippen molar-refractivity contribution >= 4 is 17.5 Å². The Balaban J connectivity index is 1.91. The van der Waals surface area contributed by atoms with Crippen LogP contribution in [0.25, 0.3) is 0 Å². The molecule has 6 nitrogen and oxygen atoms in total. The maximum absolute atomic E-state index is 12.0. The maximum Gasteiger partial charge on any atom is 0.268 e. The van der Waals surface area contributed by atoms with E-state index in [1.165, 1.54) is 0 Å². The summed E-state index contributed by atoms with van der Waals surface area (Å²) in [6.07, 6.45) is 3.82. The van der Waals surface area contributed by atoms with Crippen LogP contribution in [0.3, 0.4) is 0 Å². The summed E-state index contributed by atoms with van der Waals surface area (Å²) in [5.74, 6) is -0.278. The van der Waals surface area contributed by atoms with Gasteiger partial charge >= 0.3 is 0 Å². The fourth-order valence-corrected chi connectivity index (χ4v) is 2.31. The average Bonchev–Trinajstić information content (AvgIpc) is 3.04. The Labute approximate surface area is 112 Å². The van der Waals surface area contributed by atoms with E-state index in [-0.39, 0.29) is 18.4 Å². The molecule has 0 aliphatic carbocycles. The monoisotopic (exact) mass is 264 g/mol. The van der Waals surface area contributed by atoms with Gasteiger partial charge in [-0.25, -0.2) is 0 Å². The first kappa shape index (κ1) is 13.5. The molecule has 1 aromatic heterocycles. The first-order valence-electron chi connectivity index (χ1n) is 6.63. The highest BCUT2D eigenvalue weighted by molar-refractivity contribution is 5.96. The van der Waals surface area contributed by atoms with E-state index < -0.39 is 0 Å². The Morgan fingerprint density at radius 2 is 2.05 bits per heavy atom. The van der Waals surface area contributed by atoms with Crippen LogP contribution in [0.5, 0.6) is 0 Å². The van der Waals surface area contributed by atoms with Gasteiger partial charge in [-0.05, 0) is 25.8 Å². The molecule has 3 N–H and O–H groups in total. The second kappa shape index (κ2) is 5.77. The van der Waals surface area contributed by atoms with Gasteiger partial charge in [-0.2, -0.15) is 0 Å². The lowest BCUT2D eigenvalue weighted by Gasteiger charge is -2.15. The molecule has 0 radical (unpaired) electrons. The number of nitrogens with zero attached hydrogens (tertiary/aromatic N) is 2. The normalized spacial score (nSPS) is 14.7. The molecule has 0 aromatic carbocycles. The van der Waals surface area contributed by atoms with Crippen LogP contribution in [-0.4, -0.2) is 40.9 Å². The van der Waals surface area contributed by atoms with Gasteiger partial charge in [0.25, 0.3) is 5.91 Å². The second-order valence-electron chi connectivity index (χ2n) is 4.72. The number of amides is 2. The highest BCUT2D eigenvalue weighted by atomic mass is 16.2. The SMILES string of the molecule is CCn1cc(N)cc1C(=O)NCC(=O)N1CCCC1. The van der Waals surface area contributed by atoms with E-state index in [1.54, 1.807) is 21.7 Å². The van der Waals surface area contributed by atoms with Gasteiger partial charge in [0.2, 0.25) is 5.91 Å². The van der Waals surface area contributed by atoms with Crippen LogP contribution >= 0.6 is 0 Å². The molecule has 1 aromatic rings. The summed E-state index contributed by atoms with van der Waals surface area (Å²) in [5, 5.41) is 2.66. The van der Waals surface area contributed by atoms with E-state index in [0.29, 0.717) is 17.9 Å². The molecule has 19 heavy (non-hydrogen) atoms. The third kappa shape index (κ3) is 3.07. The van der Waals surface area contributed by atoms with Gasteiger partial charge in [0.1, 0.15) is 5.69 Å². The van der Waals surface area contributed by atoms with Gasteiger partial charge in [-0.3, -0.25) is 9.59 Å². The number of rotatable bonds is 4. The fraction of sp³-hybridized carbons (Fsp3) is 0.538. The lowest BCUT2D eigenvalue weighted by molar-refractivity contribution is -0.129. The standard InChI is InChI=1S/C13H20N4O2/c1-2-16-9-10(14)7-11(16)13(19)15-8-12(18)17-5-3-4-6-17/h7,9H,2-6,8,14H2,1H3,(H,15,19). The Bertz CT molecular complexity index is 475. The Morgan fingerprint density at radius 3 is 2.68 bits per heavy atom. The molecule has 104 valence electrons. The minimum Gasteiger partial charge on any atom is -0.397 e. The van der Waals surface area contributed by atoms with Crippen molar-refractivity contribution in [2.45, 2.75) is 26.3 Å². The summed E-state index contributed by atoms with van der Waals surface area (Å²) in [6.45, 7) is 4.25. The molecular formula is C13H20N4O2. The fourth-order valence-electron chi connectivity index (χ4n) is 2.31. The molecule has 0 saturated carbocycles. The van der Waals surface area contributed by atoms with Gasteiger partial charge in [-0.1, -0.05) is 0 Å². The number of hydrogen-bond donors (Lipinski definition) is 2. The zero-order chi connectivity index (χ0) is 13.8. The molecule has 2 heterocycles. The Hall–Kier alpha value is -1.98. The number of nitrogens with one attached hydrogen (secondary N) is 1. The molecule has 1 saturated heterocycles. The number of carbonyl (C=O) groups excluding carboxylic acids is 2. The largest absolute Gasteiger partial charge is 0.397 e. The van der Waals surface area contributed by atoms with E-state index in [2.05, 4.69) is 5.32 Å². The Kier molecular flexibility index (Phi) is 4.09. The summed E-state index contributed by atoms with van der Waals surface area (Å²) in [6, 6.07) is 1.62. The molecule has 6 heteroatoms. The number of hydrogen-bond acceptors (Lipinski definition) is 3. The van der Waals surface area contributed by atoms with Crippen molar-refractivity contribution in [2.24, 2.45) is 0 Å². The van der Waals surface area contributed by atoms with E-state index in [1.807, 2.05) is 6.92 Å². The highest BCUT2D eigenvalue weighted by Crippen LogP contribution is 2.10. The van der Waals surface area contributed by atoms with Gasteiger partial charge in [0.05, 0.1) is 12.2 Å². The van der Waals surface area contributed by atoms with E-state index in [0.717, 1.165) is 25.9 Å². The number of nitrogen functional groups attached to an aromatic ring is 1. The summed E-state index contributed by atoms with van der Waals surface area (Å²) < 4.78 is 1.77. The zero-order valence-corrected chi connectivity index (χ0v) is 11.2. The van der Waals surface area contributed by atoms with Crippen LogP contribution in [0.2, 0.25) is 0 Å². The molecule has 2 rings (SSSR count). The van der Waals surface area contributed by atoms with Crippen molar-refractivity contribution in [1.82, 2.24) is 14.8 Å². The van der Waals surface area contributed by atoms with E-state index in [4.69, 9.17) is 5.73 Å². The summed E-state index contributed by atoms with van der Waals surface area (Å²) in [7, 11) is 0. The van der Waals surface area contributed by atoms with Crippen LogP contribution in [0.4, 0.5) is 5.69 Å². The van der Waals surface area contributed by atoms with E-state index >= 15 is 0 Å². The third-order valence-corrected chi connectivity index (χ3v) is 3.35. The maximum atomic E-state index is 12.0. The van der Waals surface area contributed by atoms with Crippen molar-refractivity contribution in [1.29, 1.82) is 0 Å². The number of anilines is 1. The van der Waals surface area contributed by atoms with Crippen LogP contribution in [0, 0.1) is 0 Å². The molecule has 1 aliphatic rings.